The lowest BCUT2D eigenvalue weighted by atomic mass is 10.1. The van der Waals surface area contributed by atoms with E-state index >= 15 is 0 Å². The molecule has 1 aliphatic heterocycles. The lowest BCUT2D eigenvalue weighted by Gasteiger charge is -2.38. The third kappa shape index (κ3) is 3.45. The Kier molecular flexibility index (Phi) is 5.25. The van der Waals surface area contributed by atoms with E-state index < -0.39 is 0 Å². The average molecular weight is 458 g/mol. The van der Waals surface area contributed by atoms with Crippen molar-refractivity contribution in [3.05, 3.63) is 78.0 Å². The molecule has 4 aromatic rings. The number of amides is 1. The van der Waals surface area contributed by atoms with Gasteiger partial charge in [0.1, 0.15) is 17.6 Å². The highest BCUT2D eigenvalue weighted by Crippen LogP contribution is 2.34. The van der Waals surface area contributed by atoms with E-state index in [0.29, 0.717) is 47.2 Å². The largest absolute Gasteiger partial charge is 0.493 e. The molecule has 1 amide bonds. The molecule has 0 aliphatic carbocycles. The molecule has 2 N–H and O–H groups in total. The van der Waals surface area contributed by atoms with E-state index in [4.69, 9.17) is 15.2 Å². The Morgan fingerprint density at radius 3 is 2.62 bits per heavy atom. The highest BCUT2D eigenvalue weighted by Gasteiger charge is 2.35. The maximum Gasteiger partial charge on any atom is 0.335 e. The molecule has 1 saturated heterocycles. The van der Waals surface area contributed by atoms with E-state index in [-0.39, 0.29) is 23.5 Å². The molecular weight excluding hydrogens is 436 g/mol. The number of para-hydroxylation sites is 1. The van der Waals surface area contributed by atoms with Crippen LogP contribution in [0, 0.1) is 0 Å². The summed E-state index contributed by atoms with van der Waals surface area (Å²) in [6, 6.07) is 14.2. The first-order chi connectivity index (χ1) is 16.5. The lowest BCUT2D eigenvalue weighted by Crippen LogP contribution is -2.52. The molecule has 0 saturated carbocycles. The number of anilines is 1. The van der Waals surface area contributed by atoms with Gasteiger partial charge in [-0.15, -0.1) is 0 Å². The van der Waals surface area contributed by atoms with Gasteiger partial charge in [0.2, 0.25) is 5.91 Å². The number of likely N-dealkylation sites (tertiary alicyclic amines) is 1. The van der Waals surface area contributed by atoms with E-state index in [1.54, 1.807) is 27.7 Å². The Morgan fingerprint density at radius 1 is 1.15 bits per heavy atom. The minimum atomic E-state index is -0.336. The number of ether oxygens (including phenoxy) is 2. The number of aromatic nitrogens is 4. The molecule has 0 radical (unpaired) electrons. The predicted molar refractivity (Wildman–Crippen MR) is 126 cm³/mol. The van der Waals surface area contributed by atoms with Crippen molar-refractivity contribution in [1.82, 2.24) is 24.0 Å². The van der Waals surface area contributed by atoms with Gasteiger partial charge in [0.05, 0.1) is 18.8 Å². The Bertz CT molecular complexity index is 1450. The van der Waals surface area contributed by atoms with Gasteiger partial charge >= 0.3 is 5.69 Å². The van der Waals surface area contributed by atoms with E-state index in [2.05, 4.69) is 16.5 Å². The number of benzene rings is 2. The van der Waals surface area contributed by atoms with Crippen LogP contribution in [0.1, 0.15) is 6.04 Å². The number of methoxy groups -OCH3 is 1. The fourth-order valence-electron chi connectivity index (χ4n) is 4.06. The van der Waals surface area contributed by atoms with Gasteiger partial charge in [-0.2, -0.15) is 0 Å². The fourth-order valence-corrected chi connectivity index (χ4v) is 4.06. The number of nitrogen functional groups attached to an aromatic ring is 1. The van der Waals surface area contributed by atoms with Crippen molar-refractivity contribution >= 4 is 22.9 Å². The van der Waals surface area contributed by atoms with Gasteiger partial charge in [0, 0.05) is 19.2 Å². The molecule has 34 heavy (non-hydrogen) atoms. The monoisotopic (exact) mass is 458 g/mol. The number of hydrogen-bond donors (Lipinski definition) is 1. The molecular formula is C24H22N6O4. The Morgan fingerprint density at radius 2 is 1.91 bits per heavy atom. The van der Waals surface area contributed by atoms with Crippen LogP contribution in [-0.4, -0.2) is 50.1 Å². The second-order valence-corrected chi connectivity index (χ2v) is 7.77. The molecule has 0 atom stereocenters. The van der Waals surface area contributed by atoms with Crippen LogP contribution in [0.15, 0.2) is 72.3 Å². The number of nitrogens with two attached hydrogens (primary N) is 1. The number of carbonyl (C=O) groups excluding carboxylic acids is 1. The second kappa shape index (κ2) is 8.39. The van der Waals surface area contributed by atoms with Crippen molar-refractivity contribution in [2.24, 2.45) is 0 Å². The quantitative estimate of drug-likeness (QED) is 0.441. The zero-order valence-corrected chi connectivity index (χ0v) is 18.4. The maximum absolute atomic E-state index is 13.6. The minimum Gasteiger partial charge on any atom is -0.493 e. The fraction of sp³-hybridized carbons (Fsp3) is 0.167. The molecule has 3 heterocycles. The van der Waals surface area contributed by atoms with Gasteiger partial charge < -0.3 is 20.1 Å². The van der Waals surface area contributed by atoms with Crippen LogP contribution in [0.5, 0.6) is 17.2 Å². The summed E-state index contributed by atoms with van der Waals surface area (Å²) in [6.45, 7) is 4.26. The molecule has 2 aromatic heterocycles. The van der Waals surface area contributed by atoms with Gasteiger partial charge in [-0.25, -0.2) is 14.8 Å². The van der Waals surface area contributed by atoms with Crippen LogP contribution in [0.4, 0.5) is 5.82 Å². The first-order valence-electron chi connectivity index (χ1n) is 10.6. The van der Waals surface area contributed by atoms with Gasteiger partial charge in [-0.05, 0) is 30.3 Å². The zero-order valence-electron chi connectivity index (χ0n) is 18.4. The first-order valence-corrected chi connectivity index (χ1v) is 10.6. The molecule has 0 unspecified atom stereocenters. The number of imidazole rings is 1. The molecule has 2 aromatic carbocycles. The highest BCUT2D eigenvalue weighted by molar-refractivity contribution is 5.88. The zero-order chi connectivity index (χ0) is 23.8. The van der Waals surface area contributed by atoms with Crippen molar-refractivity contribution < 1.29 is 14.3 Å². The molecule has 1 aliphatic rings. The van der Waals surface area contributed by atoms with Gasteiger partial charge in [-0.3, -0.25) is 13.9 Å². The summed E-state index contributed by atoms with van der Waals surface area (Å²) in [6.07, 6.45) is 2.58. The Hall–Kier alpha value is -4.60. The minimum absolute atomic E-state index is 0.169. The Labute approximate surface area is 194 Å². The van der Waals surface area contributed by atoms with E-state index in [1.807, 2.05) is 30.3 Å². The number of nitrogens with zero attached hydrogens (tertiary/aromatic N) is 5. The first kappa shape index (κ1) is 21.3. The number of fused-ring (bicyclic) bond motifs is 1. The number of carbonyl (C=O) groups is 1. The molecule has 10 nitrogen and oxygen atoms in total. The normalized spacial score (nSPS) is 13.5. The predicted octanol–water partition coefficient (Wildman–Crippen LogP) is 2.53. The highest BCUT2D eigenvalue weighted by atomic mass is 16.5. The molecule has 5 rings (SSSR count). The summed E-state index contributed by atoms with van der Waals surface area (Å²) < 4.78 is 14.5. The topological polar surface area (TPSA) is 118 Å². The SMILES string of the molecule is C=CC(=O)N1CC(n2c(=O)n(-c3ccc(Oc4ccccc4)c(OC)c3)c3c(N)ncnc32)C1. The lowest BCUT2D eigenvalue weighted by molar-refractivity contribution is -0.131. The summed E-state index contributed by atoms with van der Waals surface area (Å²) in [7, 11) is 1.53. The van der Waals surface area contributed by atoms with Gasteiger partial charge in [0.15, 0.2) is 23.0 Å². The van der Waals surface area contributed by atoms with Crippen molar-refractivity contribution in [3.8, 4) is 22.9 Å². The molecule has 0 bridgehead atoms. The molecule has 1 fully saturated rings. The van der Waals surface area contributed by atoms with Crippen LogP contribution in [0.2, 0.25) is 0 Å². The third-order valence-electron chi connectivity index (χ3n) is 5.77. The summed E-state index contributed by atoms with van der Waals surface area (Å²) >= 11 is 0. The number of rotatable bonds is 6. The standard InChI is InChI=1S/C24H22N6O4/c1-3-20(31)28-12-16(13-28)30-23-21(22(25)26-14-27-23)29(24(30)32)15-9-10-18(19(11-15)33-2)34-17-7-5-4-6-8-17/h3-11,14,16H,1,12-13H2,2H3,(H2,25,26,27). The third-order valence-corrected chi connectivity index (χ3v) is 5.77. The van der Waals surface area contributed by atoms with Gasteiger partial charge in [-0.1, -0.05) is 24.8 Å². The van der Waals surface area contributed by atoms with Crippen LogP contribution in [0.3, 0.4) is 0 Å². The van der Waals surface area contributed by atoms with Crippen LogP contribution in [-0.2, 0) is 4.79 Å². The van der Waals surface area contributed by atoms with Crippen LogP contribution < -0.4 is 20.9 Å². The number of hydrogen-bond acceptors (Lipinski definition) is 7. The smallest absolute Gasteiger partial charge is 0.335 e. The van der Waals surface area contributed by atoms with Crippen molar-refractivity contribution in [2.45, 2.75) is 6.04 Å². The average Bonchev–Trinajstić information content (AvgIpc) is 3.12. The van der Waals surface area contributed by atoms with Crippen molar-refractivity contribution in [2.75, 3.05) is 25.9 Å². The van der Waals surface area contributed by atoms with Crippen molar-refractivity contribution in [1.29, 1.82) is 0 Å². The molecule has 10 heteroatoms. The summed E-state index contributed by atoms with van der Waals surface area (Å²) in [5.74, 6) is 1.58. The van der Waals surface area contributed by atoms with Crippen LogP contribution in [0.25, 0.3) is 16.9 Å². The van der Waals surface area contributed by atoms with E-state index in [0.717, 1.165) is 0 Å². The second-order valence-electron chi connectivity index (χ2n) is 7.77. The van der Waals surface area contributed by atoms with E-state index in [1.165, 1.54) is 24.1 Å². The molecule has 0 spiro atoms. The van der Waals surface area contributed by atoms with Crippen LogP contribution >= 0.6 is 0 Å². The van der Waals surface area contributed by atoms with Crippen molar-refractivity contribution in [3.63, 3.8) is 0 Å². The molecule has 172 valence electrons. The van der Waals surface area contributed by atoms with Gasteiger partial charge in [0.25, 0.3) is 0 Å². The maximum atomic E-state index is 13.6. The summed E-state index contributed by atoms with van der Waals surface area (Å²) in [5.41, 5.74) is 7.15. The summed E-state index contributed by atoms with van der Waals surface area (Å²) in [4.78, 5) is 35.5. The summed E-state index contributed by atoms with van der Waals surface area (Å²) in [5, 5.41) is 0. The Balaban J connectivity index is 1.59. The van der Waals surface area contributed by atoms with E-state index in [9.17, 15) is 9.59 Å².